The normalized spacial score (nSPS) is 13.0. The van der Waals surface area contributed by atoms with Gasteiger partial charge in [-0.2, -0.15) is 15.4 Å². The quantitative estimate of drug-likeness (QED) is 0.803. The lowest BCUT2D eigenvalue weighted by Crippen LogP contribution is -2.17. The Morgan fingerprint density at radius 2 is 2.43 bits per heavy atom. The van der Waals surface area contributed by atoms with Crippen LogP contribution in [0, 0.1) is 6.92 Å². The summed E-state index contributed by atoms with van der Waals surface area (Å²) in [5, 5.41) is 15.9. The molecule has 74 valence electrons. The molecule has 5 heteroatoms. The molecule has 1 atom stereocenters. The molecule has 0 saturated carbocycles. The summed E-state index contributed by atoms with van der Waals surface area (Å²) in [7, 11) is 1.93. The van der Waals surface area contributed by atoms with Crippen LogP contribution in [0.15, 0.2) is 17.6 Å². The van der Waals surface area contributed by atoms with Crippen LogP contribution in [0.25, 0.3) is 0 Å². The van der Waals surface area contributed by atoms with E-state index in [4.69, 9.17) is 0 Å². The summed E-state index contributed by atoms with van der Waals surface area (Å²) in [4.78, 5) is 1.29. The molecule has 0 saturated heterocycles. The van der Waals surface area contributed by atoms with Gasteiger partial charge in [0, 0.05) is 4.88 Å². The first-order valence-corrected chi connectivity index (χ1v) is 5.28. The Bertz CT molecular complexity index is 393. The zero-order valence-electron chi connectivity index (χ0n) is 8.11. The molecule has 2 N–H and O–H groups in total. The van der Waals surface area contributed by atoms with Gasteiger partial charge in [0.15, 0.2) is 0 Å². The zero-order valence-corrected chi connectivity index (χ0v) is 8.93. The number of hydrogen-bond acceptors (Lipinski definition) is 4. The fraction of sp³-hybridized carbons (Fsp3) is 0.333. The maximum absolute atomic E-state index is 4.09. The van der Waals surface area contributed by atoms with E-state index in [0.717, 1.165) is 5.69 Å². The summed E-state index contributed by atoms with van der Waals surface area (Å²) in [6.07, 6.45) is 1.75. The van der Waals surface area contributed by atoms with E-state index in [1.807, 2.05) is 7.05 Å². The van der Waals surface area contributed by atoms with E-state index >= 15 is 0 Å². The Hall–Kier alpha value is -1.20. The van der Waals surface area contributed by atoms with E-state index in [0.29, 0.717) is 0 Å². The summed E-state index contributed by atoms with van der Waals surface area (Å²) in [6, 6.07) is 2.26. The van der Waals surface area contributed by atoms with E-state index in [2.05, 4.69) is 39.1 Å². The zero-order chi connectivity index (χ0) is 9.97. The second kappa shape index (κ2) is 3.89. The number of aromatic nitrogens is 3. The third kappa shape index (κ3) is 1.56. The SMILES string of the molecule is CNC(c1cn[nH]n1)c1sccc1C. The van der Waals surface area contributed by atoms with E-state index in [1.54, 1.807) is 17.5 Å². The number of hydrogen-bond donors (Lipinski definition) is 2. The molecule has 0 amide bonds. The first kappa shape index (κ1) is 9.36. The average molecular weight is 208 g/mol. The molecule has 0 aliphatic rings. The third-order valence-electron chi connectivity index (χ3n) is 2.18. The molecule has 0 aliphatic carbocycles. The van der Waals surface area contributed by atoms with Crippen LogP contribution in [-0.2, 0) is 0 Å². The van der Waals surface area contributed by atoms with Gasteiger partial charge < -0.3 is 5.32 Å². The Morgan fingerprint density at radius 3 is 2.93 bits per heavy atom. The van der Waals surface area contributed by atoms with Gasteiger partial charge in [-0.05, 0) is 31.0 Å². The molecule has 0 radical (unpaired) electrons. The number of H-pyrrole nitrogens is 1. The van der Waals surface area contributed by atoms with Gasteiger partial charge in [0.2, 0.25) is 0 Å². The van der Waals surface area contributed by atoms with E-state index in [9.17, 15) is 0 Å². The Labute approximate surface area is 86.4 Å². The highest BCUT2D eigenvalue weighted by atomic mass is 32.1. The topological polar surface area (TPSA) is 53.6 Å². The van der Waals surface area contributed by atoms with Gasteiger partial charge in [-0.15, -0.1) is 11.3 Å². The molecule has 2 heterocycles. The number of aryl methyl sites for hydroxylation is 1. The molecule has 2 rings (SSSR count). The van der Waals surface area contributed by atoms with Crippen LogP contribution in [-0.4, -0.2) is 22.5 Å². The molecule has 0 fully saturated rings. The van der Waals surface area contributed by atoms with Gasteiger partial charge >= 0.3 is 0 Å². The first-order chi connectivity index (χ1) is 6.83. The second-order valence-electron chi connectivity index (χ2n) is 3.08. The van der Waals surface area contributed by atoms with Crippen molar-refractivity contribution < 1.29 is 0 Å². The molecule has 4 nitrogen and oxygen atoms in total. The Morgan fingerprint density at radius 1 is 1.57 bits per heavy atom. The summed E-state index contributed by atoms with van der Waals surface area (Å²) in [5.74, 6) is 0. The molecular weight excluding hydrogens is 196 g/mol. The first-order valence-electron chi connectivity index (χ1n) is 4.40. The Balaban J connectivity index is 2.36. The fourth-order valence-electron chi connectivity index (χ4n) is 1.44. The number of nitrogens with zero attached hydrogens (tertiary/aromatic N) is 2. The van der Waals surface area contributed by atoms with Crippen LogP contribution < -0.4 is 5.32 Å². The van der Waals surface area contributed by atoms with Crippen molar-refractivity contribution in [2.45, 2.75) is 13.0 Å². The van der Waals surface area contributed by atoms with Gasteiger partial charge in [0.25, 0.3) is 0 Å². The van der Waals surface area contributed by atoms with Crippen LogP contribution in [0.5, 0.6) is 0 Å². The highest BCUT2D eigenvalue weighted by molar-refractivity contribution is 7.10. The maximum atomic E-state index is 4.09. The van der Waals surface area contributed by atoms with Gasteiger partial charge in [-0.3, -0.25) is 0 Å². The monoisotopic (exact) mass is 208 g/mol. The summed E-state index contributed by atoms with van der Waals surface area (Å²) in [5.41, 5.74) is 2.22. The van der Waals surface area contributed by atoms with Crippen molar-refractivity contribution in [1.29, 1.82) is 0 Å². The van der Waals surface area contributed by atoms with Crippen molar-refractivity contribution in [3.8, 4) is 0 Å². The van der Waals surface area contributed by atoms with Crippen LogP contribution in [0.3, 0.4) is 0 Å². The molecule has 2 aromatic heterocycles. The minimum Gasteiger partial charge on any atom is -0.307 e. The van der Waals surface area contributed by atoms with Gasteiger partial charge in [0.1, 0.15) is 5.69 Å². The van der Waals surface area contributed by atoms with Gasteiger partial charge in [0.05, 0.1) is 12.2 Å². The van der Waals surface area contributed by atoms with Gasteiger partial charge in [-0.1, -0.05) is 0 Å². The fourth-order valence-corrected chi connectivity index (χ4v) is 2.49. The van der Waals surface area contributed by atoms with Crippen LogP contribution >= 0.6 is 11.3 Å². The minimum absolute atomic E-state index is 0.147. The van der Waals surface area contributed by atoms with Crippen molar-refractivity contribution in [1.82, 2.24) is 20.7 Å². The second-order valence-corrected chi connectivity index (χ2v) is 4.03. The van der Waals surface area contributed by atoms with E-state index in [1.165, 1.54) is 10.4 Å². The molecule has 0 spiro atoms. The lowest BCUT2D eigenvalue weighted by atomic mass is 10.1. The lowest BCUT2D eigenvalue weighted by molar-refractivity contribution is 0.675. The molecule has 1 unspecified atom stereocenters. The molecule has 2 aromatic rings. The predicted molar refractivity (Wildman–Crippen MR) is 56.3 cm³/mol. The average Bonchev–Trinajstić information content (AvgIpc) is 2.80. The molecule has 14 heavy (non-hydrogen) atoms. The maximum Gasteiger partial charge on any atom is 0.105 e. The number of nitrogens with one attached hydrogen (secondary N) is 2. The summed E-state index contributed by atoms with van der Waals surface area (Å²) < 4.78 is 0. The highest BCUT2D eigenvalue weighted by Gasteiger charge is 2.17. The minimum atomic E-state index is 0.147. The molecule has 0 aromatic carbocycles. The van der Waals surface area contributed by atoms with Crippen molar-refractivity contribution in [3.05, 3.63) is 33.8 Å². The van der Waals surface area contributed by atoms with Gasteiger partial charge in [-0.25, -0.2) is 0 Å². The van der Waals surface area contributed by atoms with Crippen molar-refractivity contribution >= 4 is 11.3 Å². The van der Waals surface area contributed by atoms with Crippen molar-refractivity contribution in [3.63, 3.8) is 0 Å². The van der Waals surface area contributed by atoms with Crippen molar-refractivity contribution in [2.75, 3.05) is 7.05 Å². The number of rotatable bonds is 3. The lowest BCUT2D eigenvalue weighted by Gasteiger charge is -2.12. The largest absolute Gasteiger partial charge is 0.307 e. The van der Waals surface area contributed by atoms with Crippen LogP contribution in [0.1, 0.15) is 22.2 Å². The van der Waals surface area contributed by atoms with Crippen LogP contribution in [0.4, 0.5) is 0 Å². The number of aromatic amines is 1. The Kier molecular flexibility index (Phi) is 2.60. The number of thiophene rings is 1. The predicted octanol–water partition coefficient (Wildman–Crippen LogP) is 1.48. The van der Waals surface area contributed by atoms with E-state index in [-0.39, 0.29) is 6.04 Å². The summed E-state index contributed by atoms with van der Waals surface area (Å²) >= 11 is 1.74. The summed E-state index contributed by atoms with van der Waals surface area (Å²) in [6.45, 7) is 2.11. The van der Waals surface area contributed by atoms with Crippen molar-refractivity contribution in [2.24, 2.45) is 0 Å². The molecule has 0 bridgehead atoms. The standard InChI is InChI=1S/C9H12N4S/c1-6-3-4-14-9(6)8(10-2)7-5-11-13-12-7/h3-5,8,10H,1-2H3,(H,11,12,13). The molecule has 0 aliphatic heterocycles. The molecular formula is C9H12N4S. The third-order valence-corrected chi connectivity index (χ3v) is 3.27. The smallest absolute Gasteiger partial charge is 0.105 e. The highest BCUT2D eigenvalue weighted by Crippen LogP contribution is 2.27. The van der Waals surface area contributed by atoms with Crippen LogP contribution in [0.2, 0.25) is 0 Å². The van der Waals surface area contributed by atoms with E-state index < -0.39 is 0 Å².